The van der Waals surface area contributed by atoms with Crippen molar-refractivity contribution in [3.63, 3.8) is 0 Å². The van der Waals surface area contributed by atoms with Crippen LogP contribution in [0.5, 0.6) is 5.75 Å². The Bertz CT molecular complexity index is 325. The third kappa shape index (κ3) is 4.67. The van der Waals surface area contributed by atoms with E-state index in [0.29, 0.717) is 6.54 Å². The Morgan fingerprint density at radius 3 is 2.44 bits per heavy atom. The van der Waals surface area contributed by atoms with E-state index in [1.807, 2.05) is 30.3 Å². The summed E-state index contributed by atoms with van der Waals surface area (Å²) < 4.78 is 5.69. The lowest BCUT2D eigenvalue weighted by molar-refractivity contribution is 0.124. The molecule has 0 aliphatic carbocycles. The number of likely N-dealkylation sites (N-methyl/N-ethyl adjacent to an activating group) is 1. The summed E-state index contributed by atoms with van der Waals surface area (Å²) in [5, 5.41) is 0. The second-order valence-corrected chi connectivity index (χ2v) is 5.11. The van der Waals surface area contributed by atoms with E-state index in [2.05, 4.69) is 25.7 Å². The average Bonchev–Trinajstić information content (AvgIpc) is 2.39. The molecule has 3 nitrogen and oxygen atoms in total. The zero-order valence-corrected chi connectivity index (χ0v) is 11.9. The summed E-state index contributed by atoms with van der Waals surface area (Å²) in [5.41, 5.74) is 5.88. The number of para-hydroxylation sites is 1. The van der Waals surface area contributed by atoms with Crippen molar-refractivity contribution < 1.29 is 4.74 Å². The van der Waals surface area contributed by atoms with Gasteiger partial charge in [-0.15, -0.1) is 0 Å². The Morgan fingerprint density at radius 2 is 1.89 bits per heavy atom. The highest BCUT2D eigenvalue weighted by molar-refractivity contribution is 5.20. The SMILES string of the molecule is CCN(CCCOc1ccccc1)C(C)(C)CN. The number of nitrogens with two attached hydrogens (primary N) is 1. The Hall–Kier alpha value is -1.06. The second-order valence-electron chi connectivity index (χ2n) is 5.11. The van der Waals surface area contributed by atoms with E-state index in [1.54, 1.807) is 0 Å². The van der Waals surface area contributed by atoms with Crippen LogP contribution >= 0.6 is 0 Å². The van der Waals surface area contributed by atoms with Gasteiger partial charge in [-0.05, 0) is 38.9 Å². The minimum atomic E-state index is 0.0709. The van der Waals surface area contributed by atoms with Crippen LogP contribution in [-0.2, 0) is 0 Å². The summed E-state index contributed by atoms with van der Waals surface area (Å²) in [6.07, 6.45) is 1.02. The van der Waals surface area contributed by atoms with Gasteiger partial charge in [0.25, 0.3) is 0 Å². The van der Waals surface area contributed by atoms with E-state index in [4.69, 9.17) is 10.5 Å². The van der Waals surface area contributed by atoms with Gasteiger partial charge in [0.15, 0.2) is 0 Å². The highest BCUT2D eigenvalue weighted by Crippen LogP contribution is 2.13. The molecule has 1 aromatic carbocycles. The molecule has 0 aliphatic heterocycles. The number of benzene rings is 1. The van der Waals surface area contributed by atoms with E-state index >= 15 is 0 Å². The van der Waals surface area contributed by atoms with Gasteiger partial charge >= 0.3 is 0 Å². The van der Waals surface area contributed by atoms with Crippen LogP contribution in [0.25, 0.3) is 0 Å². The molecule has 0 spiro atoms. The highest BCUT2D eigenvalue weighted by atomic mass is 16.5. The summed E-state index contributed by atoms with van der Waals surface area (Å²) in [6, 6.07) is 9.95. The molecule has 0 aromatic heterocycles. The van der Waals surface area contributed by atoms with Crippen LogP contribution in [0, 0.1) is 0 Å². The minimum Gasteiger partial charge on any atom is -0.494 e. The summed E-state index contributed by atoms with van der Waals surface area (Å²) in [4.78, 5) is 2.40. The van der Waals surface area contributed by atoms with Crippen molar-refractivity contribution >= 4 is 0 Å². The van der Waals surface area contributed by atoms with Crippen LogP contribution in [-0.4, -0.2) is 36.7 Å². The summed E-state index contributed by atoms with van der Waals surface area (Å²) >= 11 is 0. The van der Waals surface area contributed by atoms with Crippen LogP contribution in [0.2, 0.25) is 0 Å². The number of hydrogen-bond donors (Lipinski definition) is 1. The first-order valence-corrected chi connectivity index (χ1v) is 6.73. The Kier molecular flexibility index (Phi) is 6.16. The van der Waals surface area contributed by atoms with Gasteiger partial charge in [-0.1, -0.05) is 25.1 Å². The van der Waals surface area contributed by atoms with Gasteiger partial charge in [0, 0.05) is 18.6 Å². The summed E-state index contributed by atoms with van der Waals surface area (Å²) in [6.45, 7) is 10.0. The van der Waals surface area contributed by atoms with E-state index in [1.165, 1.54) is 0 Å². The molecule has 0 radical (unpaired) electrons. The lowest BCUT2D eigenvalue weighted by Gasteiger charge is -2.37. The van der Waals surface area contributed by atoms with E-state index in [-0.39, 0.29) is 5.54 Å². The van der Waals surface area contributed by atoms with Crippen molar-refractivity contribution in [2.24, 2.45) is 5.73 Å². The van der Waals surface area contributed by atoms with Crippen molar-refractivity contribution in [2.75, 3.05) is 26.2 Å². The molecule has 1 rings (SSSR count). The fraction of sp³-hybridized carbons (Fsp3) is 0.600. The first-order valence-electron chi connectivity index (χ1n) is 6.73. The average molecular weight is 250 g/mol. The summed E-state index contributed by atoms with van der Waals surface area (Å²) in [7, 11) is 0. The van der Waals surface area contributed by atoms with Crippen molar-refractivity contribution in [2.45, 2.75) is 32.7 Å². The van der Waals surface area contributed by atoms with Crippen LogP contribution in [0.15, 0.2) is 30.3 Å². The van der Waals surface area contributed by atoms with Gasteiger partial charge < -0.3 is 10.5 Å². The third-order valence-electron chi connectivity index (χ3n) is 3.32. The molecular weight excluding hydrogens is 224 g/mol. The molecule has 3 heteroatoms. The maximum absolute atomic E-state index is 5.81. The maximum atomic E-state index is 5.81. The largest absolute Gasteiger partial charge is 0.494 e. The molecule has 18 heavy (non-hydrogen) atoms. The van der Waals surface area contributed by atoms with Crippen molar-refractivity contribution in [3.8, 4) is 5.75 Å². The molecule has 0 unspecified atom stereocenters. The third-order valence-corrected chi connectivity index (χ3v) is 3.32. The first-order chi connectivity index (χ1) is 8.60. The molecule has 0 amide bonds. The Balaban J connectivity index is 2.28. The van der Waals surface area contributed by atoms with Crippen molar-refractivity contribution in [1.29, 1.82) is 0 Å². The predicted octanol–water partition coefficient (Wildman–Crippen LogP) is 2.51. The van der Waals surface area contributed by atoms with Gasteiger partial charge in [0.05, 0.1) is 6.61 Å². The molecule has 0 aliphatic rings. The fourth-order valence-corrected chi connectivity index (χ4v) is 1.98. The number of ether oxygens (including phenoxy) is 1. The number of hydrogen-bond acceptors (Lipinski definition) is 3. The minimum absolute atomic E-state index is 0.0709. The predicted molar refractivity (Wildman–Crippen MR) is 76.9 cm³/mol. The van der Waals surface area contributed by atoms with Gasteiger partial charge in [-0.25, -0.2) is 0 Å². The topological polar surface area (TPSA) is 38.5 Å². The van der Waals surface area contributed by atoms with Gasteiger partial charge in [0.2, 0.25) is 0 Å². The van der Waals surface area contributed by atoms with Crippen LogP contribution in [0.3, 0.4) is 0 Å². The number of nitrogens with zero attached hydrogens (tertiary/aromatic N) is 1. The molecule has 0 heterocycles. The number of rotatable bonds is 8. The molecule has 2 N–H and O–H groups in total. The smallest absolute Gasteiger partial charge is 0.119 e. The van der Waals surface area contributed by atoms with Crippen molar-refractivity contribution in [3.05, 3.63) is 30.3 Å². The van der Waals surface area contributed by atoms with Crippen molar-refractivity contribution in [1.82, 2.24) is 4.90 Å². The Labute approximate surface area is 111 Å². The molecular formula is C15H26N2O. The van der Waals surface area contributed by atoms with E-state index in [0.717, 1.165) is 31.9 Å². The monoisotopic (exact) mass is 250 g/mol. The second kappa shape index (κ2) is 7.39. The molecule has 0 saturated carbocycles. The zero-order chi connectivity index (χ0) is 13.4. The van der Waals surface area contributed by atoms with E-state index in [9.17, 15) is 0 Å². The lowest BCUT2D eigenvalue weighted by atomic mass is 10.0. The molecule has 0 atom stereocenters. The molecule has 102 valence electrons. The van der Waals surface area contributed by atoms with Gasteiger partial charge in [-0.2, -0.15) is 0 Å². The maximum Gasteiger partial charge on any atom is 0.119 e. The van der Waals surface area contributed by atoms with Crippen LogP contribution in [0.4, 0.5) is 0 Å². The fourth-order valence-electron chi connectivity index (χ4n) is 1.98. The molecule has 0 bridgehead atoms. The summed E-state index contributed by atoms with van der Waals surface area (Å²) in [5.74, 6) is 0.943. The standard InChI is InChI=1S/C15H26N2O/c1-4-17(15(2,3)13-16)11-8-12-18-14-9-6-5-7-10-14/h5-7,9-10H,4,8,11-13,16H2,1-3H3. The molecule has 0 fully saturated rings. The Morgan fingerprint density at radius 1 is 1.22 bits per heavy atom. The highest BCUT2D eigenvalue weighted by Gasteiger charge is 2.22. The first kappa shape index (κ1) is 15.0. The lowest BCUT2D eigenvalue weighted by Crippen LogP contribution is -2.49. The quantitative estimate of drug-likeness (QED) is 0.721. The van der Waals surface area contributed by atoms with Crippen LogP contribution in [0.1, 0.15) is 27.2 Å². The van der Waals surface area contributed by atoms with Gasteiger partial charge in [-0.3, -0.25) is 4.90 Å². The van der Waals surface area contributed by atoms with E-state index < -0.39 is 0 Å². The molecule has 1 aromatic rings. The van der Waals surface area contributed by atoms with Crippen LogP contribution < -0.4 is 10.5 Å². The zero-order valence-electron chi connectivity index (χ0n) is 11.9. The normalized spacial score (nSPS) is 11.8. The van der Waals surface area contributed by atoms with Gasteiger partial charge in [0.1, 0.15) is 5.75 Å². The molecule has 0 saturated heterocycles.